The van der Waals surface area contributed by atoms with E-state index in [4.69, 9.17) is 34.0 Å². The highest BCUT2D eigenvalue weighted by molar-refractivity contribution is 5.73. The topological polar surface area (TPSA) is 118 Å². The van der Waals surface area contributed by atoms with Gasteiger partial charge in [0.1, 0.15) is 6.10 Å². The van der Waals surface area contributed by atoms with Crippen LogP contribution in [0.4, 0.5) is 26.3 Å². The molecule has 1 aromatic rings. The van der Waals surface area contributed by atoms with Crippen molar-refractivity contribution in [2.45, 2.75) is 56.2 Å². The van der Waals surface area contributed by atoms with Crippen molar-refractivity contribution < 1.29 is 60.4 Å². The Morgan fingerprint density at radius 3 is 2.21 bits per heavy atom. The van der Waals surface area contributed by atoms with E-state index in [-0.39, 0.29) is 11.7 Å². The summed E-state index contributed by atoms with van der Waals surface area (Å²) in [7, 11) is 0. The van der Waals surface area contributed by atoms with Crippen LogP contribution in [-0.4, -0.2) is 95.5 Å². The number of hydrogen-bond donors (Lipinski definition) is 2. The van der Waals surface area contributed by atoms with Crippen LogP contribution in [0.1, 0.15) is 32.1 Å². The molecule has 0 saturated carbocycles. The number of carbonyl (C=O) groups is 2. The van der Waals surface area contributed by atoms with E-state index in [9.17, 15) is 26.3 Å². The lowest BCUT2D eigenvalue weighted by molar-refractivity contribution is -0.193. The largest absolute Gasteiger partial charge is 0.490 e. The number of halogens is 6. The van der Waals surface area contributed by atoms with Gasteiger partial charge in [-0.25, -0.2) is 14.6 Å². The number of hydrogen-bond acceptors (Lipinski definition) is 7. The summed E-state index contributed by atoms with van der Waals surface area (Å²) in [5.41, 5.74) is -0.0110. The maximum absolute atomic E-state index is 10.6. The van der Waals surface area contributed by atoms with Gasteiger partial charge in [0.25, 0.3) is 0 Å². The molecule has 4 heterocycles. The molecule has 2 atom stereocenters. The first-order chi connectivity index (χ1) is 17.7. The van der Waals surface area contributed by atoms with Crippen LogP contribution in [0.15, 0.2) is 24.4 Å². The Kier molecular flexibility index (Phi) is 11.6. The molecule has 3 aliphatic heterocycles. The van der Waals surface area contributed by atoms with Gasteiger partial charge in [-0.2, -0.15) is 26.3 Å². The van der Waals surface area contributed by atoms with Crippen LogP contribution in [0.5, 0.6) is 5.88 Å². The van der Waals surface area contributed by atoms with Crippen molar-refractivity contribution in [3.63, 3.8) is 0 Å². The fourth-order valence-electron chi connectivity index (χ4n) is 4.39. The molecule has 3 fully saturated rings. The summed E-state index contributed by atoms with van der Waals surface area (Å²) in [6, 6.07) is 5.79. The number of aliphatic carboxylic acids is 2. The molecule has 1 spiro atoms. The number of carboxylic acids is 2. The molecule has 0 aromatic carbocycles. The Morgan fingerprint density at radius 2 is 1.68 bits per heavy atom. The van der Waals surface area contributed by atoms with Gasteiger partial charge in [-0.1, -0.05) is 6.07 Å². The van der Waals surface area contributed by atoms with Gasteiger partial charge >= 0.3 is 24.3 Å². The van der Waals surface area contributed by atoms with E-state index in [1.54, 1.807) is 6.20 Å². The molecule has 3 saturated heterocycles. The Morgan fingerprint density at radius 1 is 1.08 bits per heavy atom. The molecule has 15 heteroatoms. The summed E-state index contributed by atoms with van der Waals surface area (Å²) in [5, 5.41) is 14.2. The maximum atomic E-state index is 10.6. The van der Waals surface area contributed by atoms with Crippen molar-refractivity contribution in [2.24, 2.45) is 5.92 Å². The summed E-state index contributed by atoms with van der Waals surface area (Å²) in [6.07, 6.45) is -2.50. The van der Waals surface area contributed by atoms with Crippen LogP contribution in [0.2, 0.25) is 0 Å². The molecule has 9 nitrogen and oxygen atoms in total. The van der Waals surface area contributed by atoms with Gasteiger partial charge in [0, 0.05) is 45.0 Å². The molecule has 0 bridgehead atoms. The molecule has 2 N–H and O–H groups in total. The van der Waals surface area contributed by atoms with E-state index in [0.29, 0.717) is 12.5 Å². The van der Waals surface area contributed by atoms with Crippen molar-refractivity contribution in [3.05, 3.63) is 24.4 Å². The highest BCUT2D eigenvalue weighted by Crippen LogP contribution is 2.36. The number of aromatic nitrogens is 1. The van der Waals surface area contributed by atoms with Crippen LogP contribution in [0.3, 0.4) is 0 Å². The van der Waals surface area contributed by atoms with Crippen molar-refractivity contribution in [1.29, 1.82) is 0 Å². The highest BCUT2D eigenvalue weighted by atomic mass is 19.4. The summed E-state index contributed by atoms with van der Waals surface area (Å²) < 4.78 is 81.2. The molecule has 0 radical (unpaired) electrons. The standard InChI is InChI=1S/C19H28N2O3.2C2HF3O2/c1-2-8-20-18(4-1)24-17-12-19(23-14-17)7-3-9-21(15-19)13-16-5-10-22-11-6-16;2*3-2(4,5)1(6)7/h1-2,4,8,16-17H,3,5-7,9-15H2;2*(H,6,7)/t17-,19+;;/m1../s1. The zero-order valence-electron chi connectivity index (χ0n) is 20.3. The van der Waals surface area contributed by atoms with Gasteiger partial charge < -0.3 is 29.3 Å². The second-order valence-corrected chi connectivity index (χ2v) is 9.11. The lowest BCUT2D eigenvalue weighted by atomic mass is 9.88. The molecular weight excluding hydrogens is 530 g/mol. The molecule has 4 rings (SSSR count). The van der Waals surface area contributed by atoms with Crippen LogP contribution >= 0.6 is 0 Å². The van der Waals surface area contributed by atoms with E-state index in [1.165, 1.54) is 32.4 Å². The normalized spacial score (nSPS) is 24.5. The third-order valence-electron chi connectivity index (χ3n) is 6.06. The fraction of sp³-hybridized carbons (Fsp3) is 0.696. The van der Waals surface area contributed by atoms with E-state index in [0.717, 1.165) is 38.5 Å². The number of ether oxygens (including phenoxy) is 3. The number of piperidine rings is 1. The number of pyridine rings is 1. The summed E-state index contributed by atoms with van der Waals surface area (Å²) in [4.78, 5) is 24.7. The fourth-order valence-corrected chi connectivity index (χ4v) is 4.39. The minimum absolute atomic E-state index is 0.0110. The minimum Gasteiger partial charge on any atom is -0.475 e. The zero-order chi connectivity index (χ0) is 28.4. The number of nitrogens with zero attached hydrogens (tertiary/aromatic N) is 2. The SMILES string of the molecule is O=C(O)C(F)(F)F.O=C(O)C(F)(F)F.c1ccc(O[C@H]2CO[C@@]3(CCCN(CC4CCOCC4)C3)C2)nc1. The number of likely N-dealkylation sites (tertiary alicyclic amines) is 1. The van der Waals surface area contributed by atoms with Crippen molar-refractivity contribution in [2.75, 3.05) is 39.5 Å². The van der Waals surface area contributed by atoms with Gasteiger partial charge in [0.05, 0.1) is 12.2 Å². The second-order valence-electron chi connectivity index (χ2n) is 9.11. The third kappa shape index (κ3) is 11.0. The highest BCUT2D eigenvalue weighted by Gasteiger charge is 2.45. The Hall–Kier alpha value is -2.65. The average Bonchev–Trinajstić information content (AvgIpc) is 3.21. The zero-order valence-corrected chi connectivity index (χ0v) is 20.3. The quantitative estimate of drug-likeness (QED) is 0.531. The van der Waals surface area contributed by atoms with Crippen LogP contribution in [0.25, 0.3) is 0 Å². The first-order valence-electron chi connectivity index (χ1n) is 11.8. The van der Waals surface area contributed by atoms with Gasteiger partial charge in [-0.05, 0) is 44.2 Å². The van der Waals surface area contributed by atoms with Crippen LogP contribution in [0, 0.1) is 5.92 Å². The smallest absolute Gasteiger partial charge is 0.475 e. The third-order valence-corrected chi connectivity index (χ3v) is 6.06. The van der Waals surface area contributed by atoms with Crippen LogP contribution in [-0.2, 0) is 19.1 Å². The lowest BCUT2D eigenvalue weighted by Gasteiger charge is -2.41. The van der Waals surface area contributed by atoms with Crippen molar-refractivity contribution in [3.8, 4) is 5.88 Å². The van der Waals surface area contributed by atoms with E-state index in [2.05, 4.69) is 9.88 Å². The van der Waals surface area contributed by atoms with Gasteiger partial charge in [-0.15, -0.1) is 0 Å². The number of rotatable bonds is 4. The van der Waals surface area contributed by atoms with E-state index in [1.807, 2.05) is 18.2 Å². The Balaban J connectivity index is 0.000000301. The molecule has 0 amide bonds. The van der Waals surface area contributed by atoms with Gasteiger partial charge in [0.15, 0.2) is 0 Å². The number of carboxylic acid groups (broad SMARTS) is 2. The minimum atomic E-state index is -5.08. The second kappa shape index (κ2) is 13.9. The molecule has 0 aliphatic carbocycles. The molecule has 38 heavy (non-hydrogen) atoms. The molecule has 0 unspecified atom stereocenters. The average molecular weight is 560 g/mol. The summed E-state index contributed by atoms with van der Waals surface area (Å²) in [5.74, 6) is -4.02. The predicted molar refractivity (Wildman–Crippen MR) is 119 cm³/mol. The van der Waals surface area contributed by atoms with Gasteiger partial charge in [0.2, 0.25) is 5.88 Å². The number of alkyl halides is 6. The predicted octanol–water partition coefficient (Wildman–Crippen LogP) is 3.78. The summed E-state index contributed by atoms with van der Waals surface area (Å²) in [6.45, 7) is 5.99. The Bertz CT molecular complexity index is 857. The lowest BCUT2D eigenvalue weighted by Crippen LogP contribution is -2.49. The summed E-state index contributed by atoms with van der Waals surface area (Å²) >= 11 is 0. The molecule has 3 aliphatic rings. The van der Waals surface area contributed by atoms with Gasteiger partial charge in [-0.3, -0.25) is 0 Å². The molecule has 216 valence electrons. The maximum Gasteiger partial charge on any atom is 0.490 e. The van der Waals surface area contributed by atoms with E-state index < -0.39 is 24.3 Å². The van der Waals surface area contributed by atoms with Crippen molar-refractivity contribution in [1.82, 2.24) is 9.88 Å². The van der Waals surface area contributed by atoms with Crippen molar-refractivity contribution >= 4 is 11.9 Å². The van der Waals surface area contributed by atoms with E-state index >= 15 is 0 Å². The first kappa shape index (κ1) is 31.6. The Labute approximate surface area is 214 Å². The molecule has 1 aromatic heterocycles. The van der Waals surface area contributed by atoms with Crippen LogP contribution < -0.4 is 4.74 Å². The first-order valence-corrected chi connectivity index (χ1v) is 11.8. The monoisotopic (exact) mass is 560 g/mol. The molecular formula is C23H30F6N2O7.